The van der Waals surface area contributed by atoms with Gasteiger partial charge in [-0.15, -0.1) is 0 Å². The molecule has 18 heavy (non-hydrogen) atoms. The smallest absolute Gasteiger partial charge is 0.263 e. The summed E-state index contributed by atoms with van der Waals surface area (Å²) < 4.78 is 5.65. The number of ether oxygens (including phenoxy) is 1. The fourth-order valence-corrected chi connectivity index (χ4v) is 1.64. The molecule has 0 aliphatic carbocycles. The van der Waals surface area contributed by atoms with Crippen LogP contribution in [0.1, 0.15) is 12.5 Å². The summed E-state index contributed by atoms with van der Waals surface area (Å²) in [6, 6.07) is 7.72. The zero-order chi connectivity index (χ0) is 13.5. The predicted octanol–water partition coefficient (Wildman–Crippen LogP) is 1.44. The van der Waals surface area contributed by atoms with Crippen molar-refractivity contribution in [1.29, 1.82) is 0 Å². The number of likely N-dealkylation sites (N-methyl/N-ethyl adjacent to an activating group) is 2. The number of hydrogen-bond donors (Lipinski definition) is 1. The van der Waals surface area contributed by atoms with Crippen LogP contribution in [-0.4, -0.2) is 44.1 Å². The fraction of sp³-hybridized carbons (Fsp3) is 0.500. The second-order valence-electron chi connectivity index (χ2n) is 4.44. The summed E-state index contributed by atoms with van der Waals surface area (Å²) in [6.07, 6.45) is -0.464. The van der Waals surface area contributed by atoms with E-state index in [9.17, 15) is 4.79 Å². The first kappa shape index (κ1) is 14.5. The average Bonchev–Trinajstić information content (AvgIpc) is 2.35. The molecule has 0 radical (unpaired) electrons. The molecule has 1 atom stereocenters. The van der Waals surface area contributed by atoms with Gasteiger partial charge in [0.1, 0.15) is 5.75 Å². The van der Waals surface area contributed by atoms with E-state index in [-0.39, 0.29) is 5.91 Å². The number of nitrogens with one attached hydrogen (secondary N) is 1. The lowest BCUT2D eigenvalue weighted by atomic mass is 10.2. The third kappa shape index (κ3) is 4.37. The molecule has 0 saturated carbocycles. The quantitative estimate of drug-likeness (QED) is 0.830. The second-order valence-corrected chi connectivity index (χ2v) is 4.44. The zero-order valence-electron chi connectivity index (χ0n) is 11.6. The molecule has 0 aliphatic heterocycles. The SMILES string of the molecule is CNCCN(C)C(=O)C(C)Oc1cccc(C)c1. The number of aryl methyl sites for hydroxylation is 1. The minimum absolute atomic E-state index is 0.00763. The minimum Gasteiger partial charge on any atom is -0.481 e. The van der Waals surface area contributed by atoms with Gasteiger partial charge in [-0.3, -0.25) is 4.79 Å². The van der Waals surface area contributed by atoms with Crippen LogP contribution < -0.4 is 10.1 Å². The van der Waals surface area contributed by atoms with Gasteiger partial charge in [0.25, 0.3) is 5.91 Å². The Labute approximate surface area is 109 Å². The molecule has 1 N–H and O–H groups in total. The van der Waals surface area contributed by atoms with Crippen LogP contribution in [0.4, 0.5) is 0 Å². The normalized spacial score (nSPS) is 12.0. The number of nitrogens with zero attached hydrogens (tertiary/aromatic N) is 1. The first-order chi connectivity index (χ1) is 8.54. The van der Waals surface area contributed by atoms with Crippen molar-refractivity contribution >= 4 is 5.91 Å². The van der Waals surface area contributed by atoms with Crippen LogP contribution >= 0.6 is 0 Å². The molecule has 0 bridgehead atoms. The van der Waals surface area contributed by atoms with Gasteiger partial charge in [0.15, 0.2) is 6.10 Å². The van der Waals surface area contributed by atoms with Crippen molar-refractivity contribution in [3.8, 4) is 5.75 Å². The summed E-state index contributed by atoms with van der Waals surface area (Å²) in [5.41, 5.74) is 1.12. The lowest BCUT2D eigenvalue weighted by Crippen LogP contribution is -2.40. The Kier molecular flexibility index (Phi) is 5.65. The van der Waals surface area contributed by atoms with Crippen molar-refractivity contribution in [3.05, 3.63) is 29.8 Å². The fourth-order valence-electron chi connectivity index (χ4n) is 1.64. The Balaban J connectivity index is 2.54. The van der Waals surface area contributed by atoms with E-state index in [1.807, 2.05) is 38.2 Å². The van der Waals surface area contributed by atoms with E-state index in [4.69, 9.17) is 4.74 Å². The van der Waals surface area contributed by atoms with E-state index in [2.05, 4.69) is 5.32 Å². The molecule has 1 rings (SSSR count). The number of rotatable bonds is 6. The lowest BCUT2D eigenvalue weighted by molar-refractivity contribution is -0.136. The first-order valence-electron chi connectivity index (χ1n) is 6.17. The lowest BCUT2D eigenvalue weighted by Gasteiger charge is -2.22. The Hall–Kier alpha value is -1.55. The molecular weight excluding hydrogens is 228 g/mol. The number of carbonyl (C=O) groups excluding carboxylic acids is 1. The third-order valence-corrected chi connectivity index (χ3v) is 2.72. The van der Waals surface area contributed by atoms with Gasteiger partial charge < -0.3 is 15.0 Å². The van der Waals surface area contributed by atoms with Crippen LogP contribution in [0.2, 0.25) is 0 Å². The van der Waals surface area contributed by atoms with Crippen molar-refractivity contribution in [1.82, 2.24) is 10.2 Å². The van der Waals surface area contributed by atoms with Crippen molar-refractivity contribution in [3.63, 3.8) is 0 Å². The molecule has 100 valence electrons. The third-order valence-electron chi connectivity index (χ3n) is 2.72. The largest absolute Gasteiger partial charge is 0.481 e. The van der Waals surface area contributed by atoms with Crippen molar-refractivity contribution in [2.45, 2.75) is 20.0 Å². The van der Waals surface area contributed by atoms with E-state index < -0.39 is 6.10 Å². The van der Waals surface area contributed by atoms with Gasteiger partial charge in [-0.25, -0.2) is 0 Å². The molecule has 0 aliphatic rings. The molecule has 1 unspecified atom stereocenters. The molecule has 1 amide bonds. The van der Waals surface area contributed by atoms with Crippen molar-refractivity contribution < 1.29 is 9.53 Å². The highest BCUT2D eigenvalue weighted by Crippen LogP contribution is 2.14. The van der Waals surface area contributed by atoms with E-state index in [0.29, 0.717) is 6.54 Å². The van der Waals surface area contributed by atoms with Crippen molar-refractivity contribution in [2.75, 3.05) is 27.2 Å². The summed E-state index contributed by atoms with van der Waals surface area (Å²) >= 11 is 0. The van der Waals surface area contributed by atoms with Crippen LogP contribution in [0, 0.1) is 6.92 Å². The second kappa shape index (κ2) is 7.01. The summed E-state index contributed by atoms with van der Waals surface area (Å²) in [7, 11) is 3.65. The van der Waals surface area contributed by atoms with E-state index >= 15 is 0 Å². The van der Waals surface area contributed by atoms with Crippen LogP contribution in [0.3, 0.4) is 0 Å². The van der Waals surface area contributed by atoms with Gasteiger partial charge in [-0.2, -0.15) is 0 Å². The van der Waals surface area contributed by atoms with Gasteiger partial charge in [-0.1, -0.05) is 12.1 Å². The molecular formula is C14H22N2O2. The number of amides is 1. The maximum absolute atomic E-state index is 12.0. The van der Waals surface area contributed by atoms with E-state index in [1.54, 1.807) is 18.9 Å². The molecule has 4 nitrogen and oxygen atoms in total. The topological polar surface area (TPSA) is 41.6 Å². The molecule has 0 spiro atoms. The summed E-state index contributed by atoms with van der Waals surface area (Å²) in [6.45, 7) is 5.23. The molecule has 4 heteroatoms. The van der Waals surface area contributed by atoms with Gasteiger partial charge in [0.05, 0.1) is 0 Å². The molecule has 1 aromatic carbocycles. The van der Waals surface area contributed by atoms with Crippen LogP contribution in [0.5, 0.6) is 5.75 Å². The van der Waals surface area contributed by atoms with E-state index in [1.165, 1.54) is 0 Å². The number of hydrogen-bond acceptors (Lipinski definition) is 3. The predicted molar refractivity (Wildman–Crippen MR) is 72.8 cm³/mol. The van der Waals surface area contributed by atoms with E-state index in [0.717, 1.165) is 17.9 Å². The summed E-state index contributed by atoms with van der Waals surface area (Å²) in [5, 5.41) is 3.01. The van der Waals surface area contributed by atoms with Gasteiger partial charge >= 0.3 is 0 Å². The number of benzene rings is 1. The van der Waals surface area contributed by atoms with Crippen LogP contribution in [0.25, 0.3) is 0 Å². The minimum atomic E-state index is -0.464. The highest BCUT2D eigenvalue weighted by Gasteiger charge is 2.18. The molecule has 0 fully saturated rings. The Bertz CT molecular complexity index is 393. The van der Waals surface area contributed by atoms with Gasteiger partial charge in [0, 0.05) is 20.1 Å². The molecule has 0 heterocycles. The Morgan fingerprint density at radius 1 is 1.50 bits per heavy atom. The Morgan fingerprint density at radius 3 is 2.83 bits per heavy atom. The number of carbonyl (C=O) groups is 1. The maximum Gasteiger partial charge on any atom is 0.263 e. The highest BCUT2D eigenvalue weighted by molar-refractivity contribution is 5.80. The standard InChI is InChI=1S/C14H22N2O2/c1-11-6-5-7-13(10-11)18-12(2)14(17)16(4)9-8-15-3/h5-7,10,12,15H,8-9H2,1-4H3. The zero-order valence-corrected chi connectivity index (χ0v) is 11.6. The van der Waals surface area contributed by atoms with Gasteiger partial charge in [-0.05, 0) is 38.6 Å². The van der Waals surface area contributed by atoms with Crippen LogP contribution in [0.15, 0.2) is 24.3 Å². The maximum atomic E-state index is 12.0. The summed E-state index contributed by atoms with van der Waals surface area (Å²) in [5.74, 6) is 0.727. The Morgan fingerprint density at radius 2 is 2.22 bits per heavy atom. The summed E-state index contributed by atoms with van der Waals surface area (Å²) in [4.78, 5) is 13.7. The molecule has 0 saturated heterocycles. The first-order valence-corrected chi connectivity index (χ1v) is 6.17. The average molecular weight is 250 g/mol. The highest BCUT2D eigenvalue weighted by atomic mass is 16.5. The molecule has 0 aromatic heterocycles. The van der Waals surface area contributed by atoms with Gasteiger partial charge in [0.2, 0.25) is 0 Å². The van der Waals surface area contributed by atoms with Crippen LogP contribution in [-0.2, 0) is 4.79 Å². The van der Waals surface area contributed by atoms with Crippen molar-refractivity contribution in [2.24, 2.45) is 0 Å². The monoisotopic (exact) mass is 250 g/mol. The molecule has 1 aromatic rings.